The highest BCUT2D eigenvalue weighted by molar-refractivity contribution is 8.18. The van der Waals surface area contributed by atoms with Crippen molar-refractivity contribution in [3.63, 3.8) is 0 Å². The van der Waals surface area contributed by atoms with E-state index in [1.54, 1.807) is 24.3 Å². The fraction of sp³-hybridized carbons (Fsp3) is 0.280. The van der Waals surface area contributed by atoms with E-state index in [0.717, 1.165) is 32.2 Å². The number of thioether (sulfide) groups is 1. The van der Waals surface area contributed by atoms with Gasteiger partial charge in [-0.05, 0) is 60.3 Å². The minimum absolute atomic E-state index is 0.0153. The van der Waals surface area contributed by atoms with Crippen molar-refractivity contribution in [1.82, 2.24) is 19.6 Å². The number of halogens is 4. The van der Waals surface area contributed by atoms with Gasteiger partial charge in [-0.2, -0.15) is 28.5 Å². The van der Waals surface area contributed by atoms with Crippen molar-refractivity contribution in [3.8, 4) is 6.07 Å². The van der Waals surface area contributed by atoms with Crippen LogP contribution in [0, 0.1) is 11.3 Å². The van der Waals surface area contributed by atoms with Crippen LogP contribution in [0.2, 0.25) is 5.02 Å². The monoisotopic (exact) mass is 544 g/mol. The van der Waals surface area contributed by atoms with Crippen LogP contribution in [-0.4, -0.2) is 63.9 Å². The van der Waals surface area contributed by atoms with Gasteiger partial charge in [-0.1, -0.05) is 23.7 Å². The molecule has 0 unspecified atom stereocenters. The lowest BCUT2D eigenvalue weighted by molar-refractivity contribution is -0.138. The molecular formula is C25H20ClF3N6OS. The van der Waals surface area contributed by atoms with E-state index in [1.807, 2.05) is 6.07 Å². The normalized spacial score (nSPS) is 18.1. The van der Waals surface area contributed by atoms with Crippen molar-refractivity contribution < 1.29 is 18.0 Å². The van der Waals surface area contributed by atoms with Gasteiger partial charge in [0.2, 0.25) is 0 Å². The number of hydrogen-bond donors (Lipinski definition) is 0. The number of hydrogen-bond acceptors (Lipinski definition) is 6. The van der Waals surface area contributed by atoms with Crippen LogP contribution in [0.3, 0.4) is 0 Å². The molecule has 5 rings (SSSR count). The summed E-state index contributed by atoms with van der Waals surface area (Å²) in [6, 6.07) is 10.7. The molecule has 0 saturated carbocycles. The first kappa shape index (κ1) is 25.3. The average molecular weight is 545 g/mol. The van der Waals surface area contributed by atoms with E-state index >= 15 is 0 Å². The van der Waals surface area contributed by atoms with Crippen LogP contribution in [0.15, 0.2) is 46.3 Å². The third-order valence-electron chi connectivity index (χ3n) is 6.26. The summed E-state index contributed by atoms with van der Waals surface area (Å²) in [4.78, 5) is 21.5. The number of benzene rings is 2. The molecule has 2 aliphatic rings. The third kappa shape index (κ3) is 5.23. The molecule has 2 aromatic carbocycles. The zero-order valence-electron chi connectivity index (χ0n) is 19.6. The van der Waals surface area contributed by atoms with Gasteiger partial charge >= 0.3 is 6.18 Å². The quantitative estimate of drug-likeness (QED) is 0.439. The van der Waals surface area contributed by atoms with Crippen molar-refractivity contribution in [2.75, 3.05) is 33.2 Å². The summed E-state index contributed by atoms with van der Waals surface area (Å²) in [5.41, 5.74) is 0.380. The van der Waals surface area contributed by atoms with Crippen molar-refractivity contribution in [1.29, 1.82) is 5.26 Å². The molecule has 0 bridgehead atoms. The molecule has 0 spiro atoms. The molecule has 2 aliphatic heterocycles. The van der Waals surface area contributed by atoms with E-state index in [-0.39, 0.29) is 28.7 Å². The second-order valence-electron chi connectivity index (χ2n) is 8.79. The molecular weight excluding hydrogens is 525 g/mol. The summed E-state index contributed by atoms with van der Waals surface area (Å²) in [6.45, 7) is 3.18. The molecule has 1 saturated heterocycles. The van der Waals surface area contributed by atoms with E-state index in [0.29, 0.717) is 26.5 Å². The minimum Gasteiger partial charge on any atom is -0.348 e. The number of piperazine rings is 1. The molecule has 0 N–H and O–H groups in total. The number of aromatic nitrogens is 2. The molecule has 1 fully saturated rings. The summed E-state index contributed by atoms with van der Waals surface area (Å²) >= 11 is 7.11. The fourth-order valence-electron chi connectivity index (χ4n) is 4.28. The smallest absolute Gasteiger partial charge is 0.348 e. The number of aliphatic imine (C=N–C) groups is 1. The number of likely N-dealkylation sites (N-methyl/N-ethyl adjacent to an activating group) is 1. The van der Waals surface area contributed by atoms with Crippen molar-refractivity contribution in [3.05, 3.63) is 68.7 Å². The van der Waals surface area contributed by atoms with Crippen LogP contribution in [0.25, 0.3) is 17.0 Å². The van der Waals surface area contributed by atoms with Crippen molar-refractivity contribution in [2.24, 2.45) is 4.99 Å². The van der Waals surface area contributed by atoms with Gasteiger partial charge < -0.3 is 9.80 Å². The molecule has 0 aliphatic carbocycles. The maximum Gasteiger partial charge on any atom is 0.416 e. The van der Waals surface area contributed by atoms with Gasteiger partial charge in [-0.15, -0.1) is 0 Å². The summed E-state index contributed by atoms with van der Waals surface area (Å²) in [7, 11) is 2.05. The number of carbonyl (C=O) groups is 1. The summed E-state index contributed by atoms with van der Waals surface area (Å²) in [5, 5.41) is 15.0. The number of alkyl halides is 3. The Morgan fingerprint density at radius 2 is 1.92 bits per heavy atom. The van der Waals surface area contributed by atoms with E-state index in [4.69, 9.17) is 11.6 Å². The molecule has 12 heteroatoms. The third-order valence-corrected chi connectivity index (χ3v) is 7.54. The molecule has 1 amide bonds. The van der Waals surface area contributed by atoms with E-state index < -0.39 is 11.7 Å². The Hall–Kier alpha value is -3.33. The highest BCUT2D eigenvalue weighted by Crippen LogP contribution is 2.35. The lowest BCUT2D eigenvalue weighted by Crippen LogP contribution is -2.46. The second kappa shape index (κ2) is 9.85. The molecule has 3 aromatic rings. The summed E-state index contributed by atoms with van der Waals surface area (Å²) in [5.74, 6) is -0.322. The average Bonchev–Trinajstić information content (AvgIpc) is 3.39. The van der Waals surface area contributed by atoms with Gasteiger partial charge in [-0.3, -0.25) is 9.48 Å². The lowest BCUT2D eigenvalue weighted by Gasteiger charge is -2.32. The summed E-state index contributed by atoms with van der Waals surface area (Å²) in [6.07, 6.45) is -2.88. The highest BCUT2D eigenvalue weighted by atomic mass is 35.5. The van der Waals surface area contributed by atoms with Crippen molar-refractivity contribution in [2.45, 2.75) is 12.7 Å². The molecule has 3 heterocycles. The first-order valence-electron chi connectivity index (χ1n) is 11.3. The first-order valence-corrected chi connectivity index (χ1v) is 12.5. The Morgan fingerprint density at radius 1 is 1.16 bits per heavy atom. The number of nitrogens with zero attached hydrogens (tertiary/aromatic N) is 6. The Morgan fingerprint density at radius 3 is 2.62 bits per heavy atom. The Bertz CT molecular complexity index is 1500. The summed E-state index contributed by atoms with van der Waals surface area (Å²) < 4.78 is 42.1. The number of nitriles is 1. The maximum absolute atomic E-state index is 13.6. The zero-order valence-corrected chi connectivity index (χ0v) is 21.2. The van der Waals surface area contributed by atoms with Crippen LogP contribution in [0.1, 0.15) is 22.4 Å². The number of amides is 1. The molecule has 190 valence electrons. The van der Waals surface area contributed by atoms with Gasteiger partial charge in [-0.25, -0.2) is 0 Å². The second-order valence-corrected chi connectivity index (χ2v) is 10.2. The van der Waals surface area contributed by atoms with Crippen LogP contribution in [0.5, 0.6) is 0 Å². The maximum atomic E-state index is 13.6. The first-order chi connectivity index (χ1) is 17.6. The van der Waals surface area contributed by atoms with E-state index in [2.05, 4.69) is 26.9 Å². The van der Waals surface area contributed by atoms with Crippen molar-refractivity contribution >= 4 is 51.4 Å². The molecule has 0 atom stereocenters. The van der Waals surface area contributed by atoms with Gasteiger partial charge in [0, 0.05) is 36.6 Å². The van der Waals surface area contributed by atoms with E-state index in [9.17, 15) is 23.2 Å². The molecule has 7 nitrogen and oxygen atoms in total. The number of fused-ring (bicyclic) bond motifs is 1. The largest absolute Gasteiger partial charge is 0.416 e. The fourth-order valence-corrected chi connectivity index (χ4v) is 5.42. The topological polar surface area (TPSA) is 77.5 Å². The predicted molar refractivity (Wildman–Crippen MR) is 137 cm³/mol. The predicted octanol–water partition coefficient (Wildman–Crippen LogP) is 4.85. The Labute approximate surface area is 219 Å². The Balaban J connectivity index is 1.43. The lowest BCUT2D eigenvalue weighted by atomic mass is 10.1. The standard InChI is InChI=1S/C25H20ClF3N6OS/c1-33-6-8-34(9-7-33)24-31-23(36)22(37-24)11-15-2-5-21-18(10-15)20(13-30)32-35(21)14-16-3-4-17(26)12-19(16)25(27,28)29/h2-5,10-12H,6-9,14H2,1H3/b22-11+. The van der Waals surface area contributed by atoms with Crippen LogP contribution in [0.4, 0.5) is 13.2 Å². The number of rotatable bonds is 3. The highest BCUT2D eigenvalue weighted by Gasteiger charge is 2.34. The Kier molecular flexibility index (Phi) is 6.74. The van der Waals surface area contributed by atoms with Crippen LogP contribution in [-0.2, 0) is 17.5 Å². The number of carbonyl (C=O) groups excluding carboxylic acids is 1. The van der Waals surface area contributed by atoms with Gasteiger partial charge in [0.1, 0.15) is 6.07 Å². The zero-order chi connectivity index (χ0) is 26.3. The van der Waals surface area contributed by atoms with Gasteiger partial charge in [0.05, 0.1) is 22.5 Å². The molecule has 37 heavy (non-hydrogen) atoms. The van der Waals surface area contributed by atoms with Crippen LogP contribution >= 0.6 is 23.4 Å². The van der Waals surface area contributed by atoms with Crippen LogP contribution < -0.4 is 0 Å². The van der Waals surface area contributed by atoms with Gasteiger partial charge in [0.15, 0.2) is 10.9 Å². The SMILES string of the molecule is CN1CCN(C2=NC(=O)/C(=C\c3ccc4c(c3)c(C#N)nn4Cc3ccc(Cl)cc3C(F)(F)F)S2)CC1. The molecule has 1 aromatic heterocycles. The van der Waals surface area contributed by atoms with E-state index in [1.165, 1.54) is 28.6 Å². The molecule has 0 radical (unpaired) electrons. The van der Waals surface area contributed by atoms with Gasteiger partial charge in [0.25, 0.3) is 5.91 Å². The minimum atomic E-state index is -4.59. The number of amidine groups is 1.